The molecule has 0 bridgehead atoms. The van der Waals surface area contributed by atoms with Crippen molar-refractivity contribution in [3.8, 4) is 5.75 Å². The molecule has 1 aromatic heterocycles. The Labute approximate surface area is 173 Å². The van der Waals surface area contributed by atoms with Gasteiger partial charge in [-0.1, -0.05) is 12.1 Å². The third kappa shape index (κ3) is 5.73. The van der Waals surface area contributed by atoms with Gasteiger partial charge < -0.3 is 19.8 Å². The number of nitrogens with zero attached hydrogens (tertiary/aromatic N) is 3. The van der Waals surface area contributed by atoms with E-state index >= 15 is 0 Å². The summed E-state index contributed by atoms with van der Waals surface area (Å²) in [6.45, 7) is 10.2. The van der Waals surface area contributed by atoms with Crippen molar-refractivity contribution in [2.45, 2.75) is 46.2 Å². The first-order chi connectivity index (χ1) is 14.1. The molecule has 0 radical (unpaired) electrons. The van der Waals surface area contributed by atoms with Crippen molar-refractivity contribution in [3.05, 3.63) is 47.2 Å². The minimum Gasteiger partial charge on any atom is -0.497 e. The van der Waals surface area contributed by atoms with Crippen LogP contribution >= 0.6 is 0 Å². The Morgan fingerprint density at radius 1 is 1.21 bits per heavy atom. The van der Waals surface area contributed by atoms with E-state index in [4.69, 9.17) is 9.15 Å². The number of nitrogens with one attached hydrogen (secondary N) is 2. The number of guanidine groups is 1. The van der Waals surface area contributed by atoms with Crippen LogP contribution in [0.15, 0.2) is 33.7 Å². The molecular formula is C22H33N5O2. The van der Waals surface area contributed by atoms with Crippen LogP contribution in [0, 0.1) is 13.8 Å². The number of ether oxygens (including phenoxy) is 1. The van der Waals surface area contributed by atoms with Crippen LogP contribution in [0.1, 0.15) is 48.7 Å². The van der Waals surface area contributed by atoms with Gasteiger partial charge in [0.05, 0.1) is 18.8 Å². The molecule has 0 aliphatic carbocycles. The van der Waals surface area contributed by atoms with Crippen molar-refractivity contribution in [2.75, 3.05) is 33.3 Å². The first-order valence-electron chi connectivity index (χ1n) is 10.4. The van der Waals surface area contributed by atoms with Crippen molar-refractivity contribution in [1.82, 2.24) is 20.5 Å². The highest BCUT2D eigenvalue weighted by Gasteiger charge is 2.23. The molecule has 7 heteroatoms. The van der Waals surface area contributed by atoms with E-state index in [0.717, 1.165) is 49.3 Å². The maximum atomic E-state index is 5.65. The van der Waals surface area contributed by atoms with Crippen LogP contribution in [0.3, 0.4) is 0 Å². The molecule has 7 nitrogen and oxygen atoms in total. The highest BCUT2D eigenvalue weighted by atomic mass is 16.5. The minimum atomic E-state index is 0.290. The molecule has 29 heavy (non-hydrogen) atoms. The molecule has 2 aromatic rings. The van der Waals surface area contributed by atoms with Crippen LogP contribution in [0.5, 0.6) is 5.75 Å². The smallest absolute Gasteiger partial charge is 0.216 e. The maximum absolute atomic E-state index is 5.65. The highest BCUT2D eigenvalue weighted by Crippen LogP contribution is 2.26. The van der Waals surface area contributed by atoms with E-state index in [-0.39, 0.29) is 0 Å². The van der Waals surface area contributed by atoms with Crippen molar-refractivity contribution >= 4 is 5.96 Å². The van der Waals surface area contributed by atoms with Gasteiger partial charge in [-0.25, -0.2) is 9.98 Å². The first kappa shape index (κ1) is 21.2. The summed E-state index contributed by atoms with van der Waals surface area (Å²) in [5, 5.41) is 6.83. The lowest BCUT2D eigenvalue weighted by Crippen LogP contribution is -2.42. The zero-order valence-corrected chi connectivity index (χ0v) is 18.0. The van der Waals surface area contributed by atoms with Crippen LogP contribution < -0.4 is 15.4 Å². The van der Waals surface area contributed by atoms with E-state index in [2.05, 4.69) is 44.6 Å². The number of oxazole rings is 1. The molecule has 2 heterocycles. The Morgan fingerprint density at radius 3 is 2.52 bits per heavy atom. The number of aliphatic imine (C=N–C) groups is 1. The number of methoxy groups -OCH3 is 1. The van der Waals surface area contributed by atoms with Crippen molar-refractivity contribution in [2.24, 2.45) is 4.99 Å². The van der Waals surface area contributed by atoms with E-state index in [1.807, 2.05) is 26.0 Å². The Hall–Kier alpha value is -2.54. The summed E-state index contributed by atoms with van der Waals surface area (Å²) >= 11 is 0. The molecule has 1 aliphatic rings. The molecule has 1 aromatic carbocycles. The van der Waals surface area contributed by atoms with Gasteiger partial charge in [-0.15, -0.1) is 0 Å². The molecular weight excluding hydrogens is 366 g/mol. The summed E-state index contributed by atoms with van der Waals surface area (Å²) in [4.78, 5) is 11.6. The van der Waals surface area contributed by atoms with Crippen LogP contribution in [0.25, 0.3) is 0 Å². The molecule has 1 unspecified atom stereocenters. The van der Waals surface area contributed by atoms with Gasteiger partial charge in [-0.2, -0.15) is 0 Å². The van der Waals surface area contributed by atoms with Gasteiger partial charge in [-0.3, -0.25) is 4.90 Å². The van der Waals surface area contributed by atoms with Crippen LogP contribution in [0.4, 0.5) is 0 Å². The lowest BCUT2D eigenvalue weighted by Gasteiger charge is -2.29. The fourth-order valence-electron chi connectivity index (χ4n) is 3.63. The van der Waals surface area contributed by atoms with Crippen LogP contribution in [-0.2, 0) is 6.54 Å². The van der Waals surface area contributed by atoms with Crippen LogP contribution in [0.2, 0.25) is 0 Å². The first-order valence-corrected chi connectivity index (χ1v) is 10.4. The zero-order valence-electron chi connectivity index (χ0n) is 18.0. The summed E-state index contributed by atoms with van der Waals surface area (Å²) in [5.41, 5.74) is 2.21. The number of hydrogen-bond donors (Lipinski definition) is 2. The number of aromatic nitrogens is 1. The quantitative estimate of drug-likeness (QED) is 0.525. The largest absolute Gasteiger partial charge is 0.497 e. The topological polar surface area (TPSA) is 74.9 Å². The van der Waals surface area contributed by atoms with Crippen molar-refractivity contribution in [1.29, 1.82) is 0 Å². The second-order valence-corrected chi connectivity index (χ2v) is 7.36. The molecule has 158 valence electrons. The lowest BCUT2D eigenvalue weighted by molar-refractivity contribution is 0.245. The molecule has 2 N–H and O–H groups in total. The summed E-state index contributed by atoms with van der Waals surface area (Å²) in [5.74, 6) is 3.15. The second kappa shape index (κ2) is 10.3. The summed E-state index contributed by atoms with van der Waals surface area (Å²) in [7, 11) is 1.70. The average Bonchev–Trinajstić information content (AvgIpc) is 3.37. The zero-order chi connectivity index (χ0) is 20.6. The lowest BCUT2D eigenvalue weighted by atomic mass is 10.1. The molecule has 0 spiro atoms. The SMILES string of the molecule is CCNC(=NCc1nc(C)c(C)o1)NCC(c1ccc(OC)cc1)N1CCCC1. The Kier molecular flexibility index (Phi) is 7.52. The van der Waals surface area contributed by atoms with Gasteiger partial charge in [0, 0.05) is 13.1 Å². The number of hydrogen-bond acceptors (Lipinski definition) is 5. The van der Waals surface area contributed by atoms with Crippen molar-refractivity contribution < 1.29 is 9.15 Å². The van der Waals surface area contributed by atoms with Gasteiger partial charge in [0.2, 0.25) is 5.89 Å². The van der Waals surface area contributed by atoms with E-state index in [1.165, 1.54) is 18.4 Å². The normalized spacial score (nSPS) is 16.1. The summed E-state index contributed by atoms with van der Waals surface area (Å²) in [6, 6.07) is 8.67. The standard InChI is InChI=1S/C22H33N5O2/c1-5-23-22(25-15-21-26-16(2)17(3)29-21)24-14-20(27-12-6-7-13-27)18-8-10-19(28-4)11-9-18/h8-11,20H,5-7,12-15H2,1-4H3,(H2,23,24,25). The molecule has 0 amide bonds. The molecule has 1 atom stereocenters. The Morgan fingerprint density at radius 2 is 1.93 bits per heavy atom. The predicted octanol–water partition coefficient (Wildman–Crippen LogP) is 3.19. The van der Waals surface area contributed by atoms with E-state index in [9.17, 15) is 0 Å². The van der Waals surface area contributed by atoms with Gasteiger partial charge >= 0.3 is 0 Å². The fourth-order valence-corrected chi connectivity index (χ4v) is 3.63. The van der Waals surface area contributed by atoms with E-state index < -0.39 is 0 Å². The number of aryl methyl sites for hydroxylation is 2. The van der Waals surface area contributed by atoms with Crippen LogP contribution in [-0.4, -0.2) is 49.1 Å². The Balaban J connectivity index is 1.69. The fraction of sp³-hybridized carbons (Fsp3) is 0.545. The number of rotatable bonds is 8. The van der Waals surface area contributed by atoms with Crippen molar-refractivity contribution in [3.63, 3.8) is 0 Å². The molecule has 1 aliphatic heterocycles. The van der Waals surface area contributed by atoms with Gasteiger partial charge in [-0.05, 0) is 64.4 Å². The maximum Gasteiger partial charge on any atom is 0.216 e. The molecule has 1 fully saturated rings. The van der Waals surface area contributed by atoms with Gasteiger partial charge in [0.1, 0.15) is 18.1 Å². The molecule has 1 saturated heterocycles. The molecule has 0 saturated carbocycles. The summed E-state index contributed by atoms with van der Waals surface area (Å²) in [6.07, 6.45) is 2.51. The second-order valence-electron chi connectivity index (χ2n) is 7.36. The Bertz CT molecular complexity index is 775. The molecule has 3 rings (SSSR count). The summed E-state index contributed by atoms with van der Waals surface area (Å²) < 4.78 is 11.0. The number of benzene rings is 1. The predicted molar refractivity (Wildman–Crippen MR) is 115 cm³/mol. The van der Waals surface area contributed by atoms with Gasteiger partial charge in [0.15, 0.2) is 5.96 Å². The van der Waals surface area contributed by atoms with E-state index in [0.29, 0.717) is 18.5 Å². The monoisotopic (exact) mass is 399 g/mol. The third-order valence-electron chi connectivity index (χ3n) is 5.33. The average molecular weight is 400 g/mol. The third-order valence-corrected chi connectivity index (χ3v) is 5.33. The number of likely N-dealkylation sites (tertiary alicyclic amines) is 1. The highest BCUT2D eigenvalue weighted by molar-refractivity contribution is 5.79. The van der Waals surface area contributed by atoms with Gasteiger partial charge in [0.25, 0.3) is 0 Å². The van der Waals surface area contributed by atoms with E-state index in [1.54, 1.807) is 7.11 Å². The minimum absolute atomic E-state index is 0.290.